The first-order valence-electron chi connectivity index (χ1n) is 7.37. The van der Waals surface area contributed by atoms with E-state index in [9.17, 15) is 10.1 Å². The Hall–Kier alpha value is -1.72. The van der Waals surface area contributed by atoms with Crippen LogP contribution < -0.4 is 4.46 Å². The van der Waals surface area contributed by atoms with E-state index in [1.54, 1.807) is 12.1 Å². The first kappa shape index (κ1) is 16.1. The molecular formula is C17H17NO4Se. The Morgan fingerprint density at radius 1 is 1.09 bits per heavy atom. The zero-order chi connectivity index (χ0) is 16.1. The molecule has 5 nitrogen and oxygen atoms in total. The van der Waals surface area contributed by atoms with Gasteiger partial charge in [0, 0.05) is 0 Å². The van der Waals surface area contributed by atoms with Crippen molar-refractivity contribution < 1.29 is 14.4 Å². The fourth-order valence-electron chi connectivity index (χ4n) is 2.24. The molecule has 0 N–H and O–H groups in total. The van der Waals surface area contributed by atoms with Crippen molar-refractivity contribution in [1.82, 2.24) is 0 Å². The molecule has 1 aliphatic heterocycles. The Balaban J connectivity index is 1.39. The maximum atomic E-state index is 11.0. The number of nitro benzene ring substituents is 1. The fraction of sp³-hybridized carbons (Fsp3) is 0.294. The summed E-state index contributed by atoms with van der Waals surface area (Å²) >= 11 is 0.0442. The fourth-order valence-corrected chi connectivity index (χ4v) is 4.55. The van der Waals surface area contributed by atoms with Gasteiger partial charge in [-0.2, -0.15) is 0 Å². The summed E-state index contributed by atoms with van der Waals surface area (Å²) in [6, 6.07) is 17.0. The first-order chi connectivity index (χ1) is 11.2. The number of hydrogen-bond acceptors (Lipinski definition) is 4. The Morgan fingerprint density at radius 2 is 1.83 bits per heavy atom. The molecule has 6 heteroatoms. The molecule has 0 bridgehead atoms. The van der Waals surface area contributed by atoms with Gasteiger partial charge >= 0.3 is 141 Å². The van der Waals surface area contributed by atoms with Crippen molar-refractivity contribution in [2.24, 2.45) is 0 Å². The quantitative estimate of drug-likeness (QED) is 0.306. The second kappa shape index (κ2) is 7.70. The van der Waals surface area contributed by atoms with Crippen molar-refractivity contribution in [1.29, 1.82) is 0 Å². The number of para-hydroxylation sites is 1. The van der Waals surface area contributed by atoms with E-state index in [-0.39, 0.29) is 37.8 Å². The molecule has 0 aromatic heterocycles. The Morgan fingerprint density at radius 3 is 2.61 bits per heavy atom. The van der Waals surface area contributed by atoms with Gasteiger partial charge in [-0.1, -0.05) is 0 Å². The molecule has 1 heterocycles. The second-order valence-electron chi connectivity index (χ2n) is 5.25. The van der Waals surface area contributed by atoms with Crippen molar-refractivity contribution >= 4 is 25.1 Å². The van der Waals surface area contributed by atoms with E-state index in [0.29, 0.717) is 13.2 Å². The van der Waals surface area contributed by atoms with Gasteiger partial charge in [0.25, 0.3) is 0 Å². The van der Waals surface area contributed by atoms with Gasteiger partial charge < -0.3 is 0 Å². The van der Waals surface area contributed by atoms with Crippen molar-refractivity contribution in [2.75, 3.05) is 6.61 Å². The van der Waals surface area contributed by atoms with Crippen molar-refractivity contribution in [3.63, 3.8) is 0 Å². The molecule has 1 saturated heterocycles. The normalized spacial score (nSPS) is 19.5. The molecule has 1 fully saturated rings. The van der Waals surface area contributed by atoms with Gasteiger partial charge in [-0.05, 0) is 0 Å². The third kappa shape index (κ3) is 4.62. The summed E-state index contributed by atoms with van der Waals surface area (Å²) in [5.41, 5.74) is 1.36. The predicted octanol–water partition coefficient (Wildman–Crippen LogP) is 2.33. The van der Waals surface area contributed by atoms with Crippen LogP contribution in [0.5, 0.6) is 0 Å². The van der Waals surface area contributed by atoms with E-state index < -0.39 is 0 Å². The number of benzene rings is 2. The van der Waals surface area contributed by atoms with Crippen molar-refractivity contribution in [2.45, 2.75) is 24.1 Å². The molecule has 23 heavy (non-hydrogen) atoms. The van der Waals surface area contributed by atoms with E-state index in [1.165, 1.54) is 0 Å². The van der Waals surface area contributed by atoms with E-state index in [0.717, 1.165) is 15.3 Å². The van der Waals surface area contributed by atoms with E-state index in [4.69, 9.17) is 9.47 Å². The first-order valence-corrected chi connectivity index (χ1v) is 9.44. The molecule has 2 aromatic rings. The summed E-state index contributed by atoms with van der Waals surface area (Å²) in [5.74, 6) is 0. The van der Waals surface area contributed by atoms with Crippen LogP contribution in [-0.4, -0.2) is 38.7 Å². The van der Waals surface area contributed by atoms with Gasteiger partial charge in [0.1, 0.15) is 0 Å². The number of epoxide rings is 1. The van der Waals surface area contributed by atoms with Gasteiger partial charge in [-0.3, -0.25) is 0 Å². The van der Waals surface area contributed by atoms with Crippen LogP contribution in [0, 0.1) is 10.1 Å². The summed E-state index contributed by atoms with van der Waals surface area (Å²) < 4.78 is 12.1. The zero-order valence-electron chi connectivity index (χ0n) is 12.5. The summed E-state index contributed by atoms with van der Waals surface area (Å²) in [7, 11) is 0. The molecule has 0 radical (unpaired) electrons. The minimum absolute atomic E-state index is 0.0442. The van der Waals surface area contributed by atoms with Crippen LogP contribution in [0.3, 0.4) is 0 Å². The number of nitrogens with zero attached hydrogens (tertiary/aromatic N) is 1. The van der Waals surface area contributed by atoms with Gasteiger partial charge in [0.2, 0.25) is 0 Å². The molecule has 120 valence electrons. The van der Waals surface area contributed by atoms with Crippen LogP contribution in [0.25, 0.3) is 0 Å². The monoisotopic (exact) mass is 379 g/mol. The molecule has 2 aromatic carbocycles. The van der Waals surface area contributed by atoms with Gasteiger partial charge in [-0.25, -0.2) is 0 Å². The molecule has 1 aliphatic rings. The zero-order valence-corrected chi connectivity index (χ0v) is 14.2. The summed E-state index contributed by atoms with van der Waals surface area (Å²) in [6.07, 6.45) is 0.300. The number of ether oxygens (including phenoxy) is 2. The second-order valence-corrected chi connectivity index (χ2v) is 7.48. The molecule has 0 unspecified atom stereocenters. The van der Waals surface area contributed by atoms with Crippen LogP contribution in [-0.2, 0) is 16.1 Å². The van der Waals surface area contributed by atoms with Crippen molar-refractivity contribution in [3.05, 3.63) is 70.3 Å². The molecule has 0 aliphatic carbocycles. The molecule has 0 saturated carbocycles. The predicted molar refractivity (Wildman–Crippen MR) is 88.1 cm³/mol. The summed E-state index contributed by atoms with van der Waals surface area (Å²) in [4.78, 5) is 10.7. The maximum absolute atomic E-state index is 11.0. The average Bonchev–Trinajstić information content (AvgIpc) is 3.32. The minimum atomic E-state index is -0.314. The Bertz CT molecular complexity index is 665. The van der Waals surface area contributed by atoms with Gasteiger partial charge in [-0.15, -0.1) is 0 Å². The molecule has 0 spiro atoms. The topological polar surface area (TPSA) is 64.9 Å². The van der Waals surface area contributed by atoms with E-state index in [1.807, 2.05) is 42.5 Å². The van der Waals surface area contributed by atoms with Crippen LogP contribution in [0.2, 0.25) is 5.32 Å². The Labute approximate surface area is 140 Å². The Kier molecular flexibility index (Phi) is 5.41. The number of nitro groups is 1. The molecule has 0 amide bonds. The summed E-state index contributed by atoms with van der Waals surface area (Å²) in [5, 5.41) is 11.8. The third-order valence-corrected chi connectivity index (χ3v) is 5.96. The standard InChI is InChI=1S/C17H17NO4Se/c19-18(20)14-8-4-5-9-17(14)23-12-16-15(22-16)11-21-10-13-6-2-1-3-7-13/h1-9,15-16H,10-12H2/t15-,16+/m1/s1. The molecular weight excluding hydrogens is 361 g/mol. The van der Waals surface area contributed by atoms with Crippen LogP contribution >= 0.6 is 0 Å². The van der Waals surface area contributed by atoms with Crippen LogP contribution in [0.1, 0.15) is 5.56 Å². The van der Waals surface area contributed by atoms with Crippen LogP contribution in [0.4, 0.5) is 5.69 Å². The van der Waals surface area contributed by atoms with Crippen molar-refractivity contribution in [3.8, 4) is 0 Å². The molecule has 2 atom stereocenters. The van der Waals surface area contributed by atoms with Crippen LogP contribution in [0.15, 0.2) is 54.6 Å². The molecule has 3 rings (SSSR count). The SMILES string of the molecule is O=[N+]([O-])c1ccccc1[Se]C[C@@H]1O[C@@H]1COCc1ccccc1. The van der Waals surface area contributed by atoms with Gasteiger partial charge in [0.15, 0.2) is 0 Å². The average molecular weight is 378 g/mol. The van der Waals surface area contributed by atoms with Gasteiger partial charge in [0.05, 0.1) is 0 Å². The van der Waals surface area contributed by atoms with E-state index in [2.05, 4.69) is 0 Å². The third-order valence-electron chi connectivity index (χ3n) is 3.55. The summed E-state index contributed by atoms with van der Waals surface area (Å²) in [6.45, 7) is 1.16. The number of hydrogen-bond donors (Lipinski definition) is 0. The number of rotatable bonds is 8. The van der Waals surface area contributed by atoms with E-state index >= 15 is 0 Å².